The number of aryl methyl sites for hydroxylation is 1. The summed E-state index contributed by atoms with van der Waals surface area (Å²) < 4.78 is 30.8. The maximum absolute atomic E-state index is 12.6. The molecule has 0 saturated heterocycles. The van der Waals surface area contributed by atoms with Gasteiger partial charge in [0, 0.05) is 18.8 Å². The number of carbonyl (C=O) groups excluding carboxylic acids is 1. The third-order valence-electron chi connectivity index (χ3n) is 2.94. The van der Waals surface area contributed by atoms with E-state index in [-0.39, 0.29) is 4.90 Å². The molecule has 1 rings (SSSR count). The molecule has 0 unspecified atom stereocenters. The second-order valence-corrected chi connectivity index (χ2v) is 6.51. The molecule has 0 atom stereocenters. The van der Waals surface area contributed by atoms with Gasteiger partial charge in [0.15, 0.2) is 0 Å². The summed E-state index contributed by atoms with van der Waals surface area (Å²) in [6, 6.07) is 6.62. The third-order valence-corrected chi connectivity index (χ3v) is 4.73. The van der Waals surface area contributed by atoms with Gasteiger partial charge in [-0.3, -0.25) is 4.31 Å². The highest BCUT2D eigenvalue weighted by Gasteiger charge is 2.21. The Morgan fingerprint density at radius 3 is 2.43 bits per heavy atom. The number of benzene rings is 1. The SMILES string of the molecule is CCCCN(/C=C/C(=O)OC)S(=O)(=O)c1ccc(C)cc1. The summed E-state index contributed by atoms with van der Waals surface area (Å²) in [5.74, 6) is -0.587. The Kier molecular flexibility index (Phi) is 6.42. The van der Waals surface area contributed by atoms with E-state index in [1.165, 1.54) is 17.6 Å². The molecule has 0 aromatic heterocycles. The first-order valence-electron chi connectivity index (χ1n) is 6.76. The van der Waals surface area contributed by atoms with Gasteiger partial charge < -0.3 is 4.74 Å². The number of sulfonamides is 1. The molecular weight excluding hydrogens is 290 g/mol. The number of esters is 1. The molecule has 0 bridgehead atoms. The van der Waals surface area contributed by atoms with Crippen LogP contribution in [0.5, 0.6) is 0 Å². The predicted octanol–water partition coefficient (Wildman–Crippen LogP) is 2.47. The van der Waals surface area contributed by atoms with Crippen LogP contribution in [0.1, 0.15) is 25.3 Å². The number of rotatable bonds is 7. The number of methoxy groups -OCH3 is 1. The van der Waals surface area contributed by atoms with Crippen molar-refractivity contribution in [3.63, 3.8) is 0 Å². The van der Waals surface area contributed by atoms with Crippen LogP contribution in [0.4, 0.5) is 0 Å². The quantitative estimate of drug-likeness (QED) is 0.573. The molecule has 6 heteroatoms. The van der Waals surface area contributed by atoms with Crippen molar-refractivity contribution in [2.24, 2.45) is 0 Å². The minimum Gasteiger partial charge on any atom is -0.466 e. The molecule has 21 heavy (non-hydrogen) atoms. The molecule has 5 nitrogen and oxygen atoms in total. The molecule has 0 radical (unpaired) electrons. The lowest BCUT2D eigenvalue weighted by Gasteiger charge is -2.20. The molecule has 0 amide bonds. The molecule has 1 aromatic rings. The molecule has 0 fully saturated rings. The third kappa shape index (κ3) is 4.90. The first kappa shape index (κ1) is 17.2. The van der Waals surface area contributed by atoms with Crippen molar-refractivity contribution in [2.75, 3.05) is 13.7 Å². The predicted molar refractivity (Wildman–Crippen MR) is 81.1 cm³/mol. The summed E-state index contributed by atoms with van der Waals surface area (Å²) in [5, 5.41) is 0. The molecule has 0 aliphatic heterocycles. The zero-order valence-corrected chi connectivity index (χ0v) is 13.4. The minimum absolute atomic E-state index is 0.207. The smallest absolute Gasteiger partial charge is 0.331 e. The van der Waals surface area contributed by atoms with Crippen molar-refractivity contribution in [3.05, 3.63) is 42.1 Å². The highest BCUT2D eigenvalue weighted by Crippen LogP contribution is 2.17. The minimum atomic E-state index is -3.66. The average Bonchev–Trinajstić information content (AvgIpc) is 2.47. The van der Waals surface area contributed by atoms with Crippen molar-refractivity contribution in [2.45, 2.75) is 31.6 Å². The van der Waals surface area contributed by atoms with Crippen LogP contribution >= 0.6 is 0 Å². The molecule has 1 aromatic carbocycles. The van der Waals surface area contributed by atoms with Crippen LogP contribution in [-0.4, -0.2) is 32.3 Å². The average molecular weight is 311 g/mol. The fourth-order valence-electron chi connectivity index (χ4n) is 1.65. The second-order valence-electron chi connectivity index (χ2n) is 4.62. The van der Waals surface area contributed by atoms with E-state index in [2.05, 4.69) is 4.74 Å². The van der Waals surface area contributed by atoms with E-state index >= 15 is 0 Å². The standard InChI is InChI=1S/C15H21NO4S/c1-4-5-11-16(12-10-15(17)20-3)21(18,19)14-8-6-13(2)7-9-14/h6-10,12H,4-5,11H2,1-3H3/b12-10+. The van der Waals surface area contributed by atoms with E-state index in [0.29, 0.717) is 13.0 Å². The van der Waals surface area contributed by atoms with Crippen molar-refractivity contribution < 1.29 is 17.9 Å². The van der Waals surface area contributed by atoms with Crippen molar-refractivity contribution in [1.82, 2.24) is 4.31 Å². The number of nitrogens with zero attached hydrogens (tertiary/aromatic N) is 1. The van der Waals surface area contributed by atoms with Gasteiger partial charge in [0.25, 0.3) is 10.0 Å². The largest absolute Gasteiger partial charge is 0.466 e. The molecule has 0 heterocycles. The van der Waals surface area contributed by atoms with E-state index in [4.69, 9.17) is 0 Å². The summed E-state index contributed by atoms with van der Waals surface area (Å²) in [4.78, 5) is 11.4. The summed E-state index contributed by atoms with van der Waals surface area (Å²) >= 11 is 0. The van der Waals surface area contributed by atoms with E-state index in [1.54, 1.807) is 24.3 Å². The summed E-state index contributed by atoms with van der Waals surface area (Å²) in [7, 11) is -2.41. The van der Waals surface area contributed by atoms with Crippen LogP contribution in [0.2, 0.25) is 0 Å². The van der Waals surface area contributed by atoms with Gasteiger partial charge in [0.1, 0.15) is 0 Å². The van der Waals surface area contributed by atoms with Crippen LogP contribution in [-0.2, 0) is 19.6 Å². The maximum Gasteiger partial charge on any atom is 0.331 e. The van der Waals surface area contributed by atoms with Gasteiger partial charge in [0.2, 0.25) is 0 Å². The zero-order valence-electron chi connectivity index (χ0n) is 12.6. The fourth-order valence-corrected chi connectivity index (χ4v) is 2.99. The lowest BCUT2D eigenvalue weighted by atomic mass is 10.2. The topological polar surface area (TPSA) is 63.7 Å². The monoisotopic (exact) mass is 311 g/mol. The summed E-state index contributed by atoms with van der Waals surface area (Å²) in [6.07, 6.45) is 3.93. The highest BCUT2D eigenvalue weighted by molar-refractivity contribution is 7.89. The molecule has 0 spiro atoms. The highest BCUT2D eigenvalue weighted by atomic mass is 32.2. The van der Waals surface area contributed by atoms with Crippen LogP contribution in [0, 0.1) is 6.92 Å². The normalized spacial score (nSPS) is 11.6. The Hall–Kier alpha value is -1.82. The van der Waals surface area contributed by atoms with Gasteiger partial charge in [-0.1, -0.05) is 31.0 Å². The number of carbonyl (C=O) groups is 1. The van der Waals surface area contributed by atoms with Gasteiger partial charge in [-0.2, -0.15) is 0 Å². The Morgan fingerprint density at radius 2 is 1.90 bits per heavy atom. The summed E-state index contributed by atoms with van der Waals surface area (Å²) in [5.41, 5.74) is 0.985. The van der Waals surface area contributed by atoms with Crippen LogP contribution in [0.25, 0.3) is 0 Å². The number of hydrogen-bond acceptors (Lipinski definition) is 4. The lowest BCUT2D eigenvalue weighted by molar-refractivity contribution is -0.134. The molecular formula is C15H21NO4S. The Balaban J connectivity index is 3.07. The van der Waals surface area contributed by atoms with E-state index < -0.39 is 16.0 Å². The van der Waals surface area contributed by atoms with E-state index in [1.807, 2.05) is 13.8 Å². The molecule has 116 valence electrons. The first-order valence-corrected chi connectivity index (χ1v) is 8.20. The number of hydrogen-bond donors (Lipinski definition) is 0. The Bertz CT molecular complexity index is 591. The van der Waals surface area contributed by atoms with Gasteiger partial charge in [-0.05, 0) is 25.5 Å². The second kappa shape index (κ2) is 7.83. The van der Waals surface area contributed by atoms with Crippen LogP contribution in [0.15, 0.2) is 41.4 Å². The lowest BCUT2D eigenvalue weighted by Crippen LogP contribution is -2.27. The van der Waals surface area contributed by atoms with Gasteiger partial charge in [-0.25, -0.2) is 13.2 Å². The molecule has 0 N–H and O–H groups in total. The Labute approximate surface area is 126 Å². The van der Waals surface area contributed by atoms with E-state index in [9.17, 15) is 13.2 Å². The number of ether oxygens (including phenoxy) is 1. The van der Waals surface area contributed by atoms with Crippen LogP contribution < -0.4 is 0 Å². The van der Waals surface area contributed by atoms with Gasteiger partial charge in [0.05, 0.1) is 12.0 Å². The first-order chi connectivity index (χ1) is 9.91. The van der Waals surface area contributed by atoms with Gasteiger partial charge >= 0.3 is 5.97 Å². The molecule has 0 aliphatic rings. The maximum atomic E-state index is 12.6. The van der Waals surface area contributed by atoms with Gasteiger partial charge in [-0.15, -0.1) is 0 Å². The molecule has 0 saturated carbocycles. The Morgan fingerprint density at radius 1 is 1.29 bits per heavy atom. The summed E-state index contributed by atoms with van der Waals surface area (Å²) in [6.45, 7) is 4.18. The number of unbranched alkanes of at least 4 members (excludes halogenated alkanes) is 1. The van der Waals surface area contributed by atoms with Crippen molar-refractivity contribution in [1.29, 1.82) is 0 Å². The van der Waals surface area contributed by atoms with Crippen LogP contribution in [0.3, 0.4) is 0 Å². The van der Waals surface area contributed by atoms with E-state index in [0.717, 1.165) is 18.1 Å². The van der Waals surface area contributed by atoms with Crippen molar-refractivity contribution in [3.8, 4) is 0 Å². The van der Waals surface area contributed by atoms with Crippen molar-refractivity contribution >= 4 is 16.0 Å². The fraction of sp³-hybridized carbons (Fsp3) is 0.400. The zero-order chi connectivity index (χ0) is 15.9. The molecule has 0 aliphatic carbocycles.